The van der Waals surface area contributed by atoms with Crippen molar-refractivity contribution in [2.24, 2.45) is 0 Å². The Morgan fingerprint density at radius 3 is 2.67 bits per heavy atom. The number of aromatic hydroxyl groups is 1. The quantitative estimate of drug-likeness (QED) is 0.750. The zero-order chi connectivity index (χ0) is 10.6. The highest BCUT2D eigenvalue weighted by Crippen LogP contribution is 2.26. The summed E-state index contributed by atoms with van der Waals surface area (Å²) in [5.74, 6) is -0.672. The lowest BCUT2D eigenvalue weighted by atomic mass is 10.2. The molecule has 0 fully saturated rings. The SMILES string of the molecule is C.COc1cc(/C=C/C(=O)O)ccc1O. The van der Waals surface area contributed by atoms with Crippen LogP contribution in [0.2, 0.25) is 0 Å². The van der Waals surface area contributed by atoms with Crippen LogP contribution >= 0.6 is 0 Å². The Morgan fingerprint density at radius 2 is 2.13 bits per heavy atom. The molecule has 0 saturated carbocycles. The van der Waals surface area contributed by atoms with Gasteiger partial charge in [-0.05, 0) is 23.8 Å². The summed E-state index contributed by atoms with van der Waals surface area (Å²) in [6, 6.07) is 4.59. The highest BCUT2D eigenvalue weighted by atomic mass is 16.5. The van der Waals surface area contributed by atoms with Crippen molar-refractivity contribution in [2.45, 2.75) is 7.43 Å². The number of hydrogen-bond donors (Lipinski definition) is 2. The summed E-state index contributed by atoms with van der Waals surface area (Å²) in [5.41, 5.74) is 0.655. The molecule has 1 rings (SSSR count). The predicted octanol–water partition coefficient (Wildman–Crippen LogP) is 2.13. The highest BCUT2D eigenvalue weighted by Gasteiger charge is 2.00. The number of ether oxygens (including phenoxy) is 1. The third-order valence-corrected chi connectivity index (χ3v) is 1.62. The molecule has 4 heteroatoms. The molecule has 0 heterocycles. The number of methoxy groups -OCH3 is 1. The number of carbonyl (C=O) groups is 1. The average Bonchev–Trinajstić information content (AvgIpc) is 2.16. The second-order valence-corrected chi connectivity index (χ2v) is 2.60. The number of phenols is 1. The molecule has 15 heavy (non-hydrogen) atoms. The zero-order valence-corrected chi connectivity index (χ0v) is 7.60. The van der Waals surface area contributed by atoms with Crippen molar-refractivity contribution in [2.75, 3.05) is 7.11 Å². The largest absolute Gasteiger partial charge is 0.504 e. The van der Waals surface area contributed by atoms with Crippen molar-refractivity contribution in [1.82, 2.24) is 0 Å². The first-order chi connectivity index (χ1) is 6.63. The van der Waals surface area contributed by atoms with Crippen LogP contribution in [0.25, 0.3) is 6.08 Å². The average molecular weight is 210 g/mol. The van der Waals surface area contributed by atoms with Gasteiger partial charge >= 0.3 is 5.97 Å². The molecule has 0 bridgehead atoms. The Kier molecular flexibility index (Phi) is 4.95. The van der Waals surface area contributed by atoms with Crippen LogP contribution in [-0.2, 0) is 4.79 Å². The Bertz CT molecular complexity index is 369. The molecule has 0 radical (unpaired) electrons. The summed E-state index contributed by atoms with van der Waals surface area (Å²) >= 11 is 0. The third kappa shape index (κ3) is 3.72. The smallest absolute Gasteiger partial charge is 0.328 e. The van der Waals surface area contributed by atoms with E-state index in [0.29, 0.717) is 11.3 Å². The summed E-state index contributed by atoms with van der Waals surface area (Å²) < 4.78 is 4.86. The van der Waals surface area contributed by atoms with Crippen molar-refractivity contribution in [1.29, 1.82) is 0 Å². The lowest BCUT2D eigenvalue weighted by Gasteiger charge is -2.03. The number of aliphatic carboxylic acids is 1. The van der Waals surface area contributed by atoms with E-state index in [1.54, 1.807) is 12.1 Å². The molecular formula is C11H14O4. The van der Waals surface area contributed by atoms with Crippen LogP contribution in [-0.4, -0.2) is 23.3 Å². The number of rotatable bonds is 3. The second kappa shape index (κ2) is 5.70. The summed E-state index contributed by atoms with van der Waals surface area (Å²) in [6.45, 7) is 0. The van der Waals surface area contributed by atoms with E-state index < -0.39 is 5.97 Å². The third-order valence-electron chi connectivity index (χ3n) is 1.62. The van der Waals surface area contributed by atoms with E-state index in [-0.39, 0.29) is 13.2 Å². The summed E-state index contributed by atoms with van der Waals surface area (Å²) in [5, 5.41) is 17.6. The summed E-state index contributed by atoms with van der Waals surface area (Å²) in [6.07, 6.45) is 2.44. The van der Waals surface area contributed by atoms with Crippen LogP contribution in [0.4, 0.5) is 0 Å². The molecule has 2 N–H and O–H groups in total. The van der Waals surface area contributed by atoms with Crippen molar-refractivity contribution in [3.63, 3.8) is 0 Å². The molecule has 0 unspecified atom stereocenters. The van der Waals surface area contributed by atoms with E-state index in [1.807, 2.05) is 0 Å². The molecule has 0 aliphatic rings. The van der Waals surface area contributed by atoms with Gasteiger partial charge in [0.1, 0.15) is 0 Å². The van der Waals surface area contributed by atoms with Gasteiger partial charge in [-0.15, -0.1) is 0 Å². The van der Waals surface area contributed by atoms with E-state index >= 15 is 0 Å². The minimum Gasteiger partial charge on any atom is -0.504 e. The lowest BCUT2D eigenvalue weighted by Crippen LogP contribution is -1.87. The Labute approximate surface area is 88.4 Å². The first-order valence-corrected chi connectivity index (χ1v) is 3.91. The maximum Gasteiger partial charge on any atom is 0.328 e. The molecule has 4 nitrogen and oxygen atoms in total. The standard InChI is InChI=1S/C10H10O4.CH4/c1-14-9-6-7(2-4-8(9)11)3-5-10(12)13;/h2-6,11H,1H3,(H,12,13);1H4/b5-3+;. The van der Waals surface area contributed by atoms with E-state index in [0.717, 1.165) is 6.08 Å². The van der Waals surface area contributed by atoms with Crippen molar-refractivity contribution in [3.05, 3.63) is 29.8 Å². The topological polar surface area (TPSA) is 66.8 Å². The zero-order valence-electron chi connectivity index (χ0n) is 7.60. The molecule has 0 atom stereocenters. The molecule has 1 aromatic rings. The van der Waals surface area contributed by atoms with Gasteiger partial charge in [-0.2, -0.15) is 0 Å². The van der Waals surface area contributed by atoms with Gasteiger partial charge in [-0.25, -0.2) is 4.79 Å². The van der Waals surface area contributed by atoms with Crippen LogP contribution in [0.1, 0.15) is 13.0 Å². The molecule has 1 aromatic carbocycles. The fourth-order valence-corrected chi connectivity index (χ4v) is 0.965. The second-order valence-electron chi connectivity index (χ2n) is 2.60. The Hall–Kier alpha value is -1.97. The summed E-state index contributed by atoms with van der Waals surface area (Å²) in [4.78, 5) is 10.2. The number of carboxylic acid groups (broad SMARTS) is 1. The normalized spacial score (nSPS) is 9.67. The Balaban J connectivity index is 0.00000196. The fourth-order valence-electron chi connectivity index (χ4n) is 0.965. The Morgan fingerprint density at radius 1 is 1.47 bits per heavy atom. The number of hydrogen-bond acceptors (Lipinski definition) is 3. The number of benzene rings is 1. The first kappa shape index (κ1) is 13.0. The highest BCUT2D eigenvalue weighted by molar-refractivity contribution is 5.85. The van der Waals surface area contributed by atoms with Gasteiger partial charge in [0.15, 0.2) is 11.5 Å². The van der Waals surface area contributed by atoms with Crippen molar-refractivity contribution >= 4 is 12.0 Å². The van der Waals surface area contributed by atoms with E-state index in [2.05, 4.69) is 0 Å². The van der Waals surface area contributed by atoms with Gasteiger partial charge in [0, 0.05) is 6.08 Å². The molecule has 82 valence electrons. The van der Waals surface area contributed by atoms with Gasteiger partial charge < -0.3 is 14.9 Å². The van der Waals surface area contributed by atoms with Gasteiger partial charge in [0.25, 0.3) is 0 Å². The van der Waals surface area contributed by atoms with Gasteiger partial charge in [-0.1, -0.05) is 13.5 Å². The molecular weight excluding hydrogens is 196 g/mol. The minimum atomic E-state index is -1.02. The minimum absolute atomic E-state index is 0. The van der Waals surface area contributed by atoms with E-state index in [1.165, 1.54) is 19.3 Å². The van der Waals surface area contributed by atoms with E-state index in [4.69, 9.17) is 9.84 Å². The summed E-state index contributed by atoms with van der Waals surface area (Å²) in [7, 11) is 1.43. The predicted molar refractivity (Wildman–Crippen MR) is 58.1 cm³/mol. The van der Waals surface area contributed by atoms with Crippen LogP contribution in [0.3, 0.4) is 0 Å². The van der Waals surface area contributed by atoms with E-state index in [9.17, 15) is 9.90 Å². The number of carboxylic acids is 1. The van der Waals surface area contributed by atoms with Crippen molar-refractivity contribution in [3.8, 4) is 11.5 Å². The van der Waals surface area contributed by atoms with Gasteiger partial charge in [-0.3, -0.25) is 0 Å². The van der Waals surface area contributed by atoms with Crippen LogP contribution in [0.15, 0.2) is 24.3 Å². The van der Waals surface area contributed by atoms with Gasteiger partial charge in [0.2, 0.25) is 0 Å². The van der Waals surface area contributed by atoms with Crippen LogP contribution < -0.4 is 4.74 Å². The first-order valence-electron chi connectivity index (χ1n) is 3.91. The lowest BCUT2D eigenvalue weighted by molar-refractivity contribution is -0.131. The maximum absolute atomic E-state index is 10.2. The molecule has 0 spiro atoms. The molecule has 0 aliphatic carbocycles. The maximum atomic E-state index is 10.2. The molecule has 0 aliphatic heterocycles. The van der Waals surface area contributed by atoms with Crippen molar-refractivity contribution < 1.29 is 19.7 Å². The molecule has 0 saturated heterocycles. The number of phenolic OH excluding ortho intramolecular Hbond substituents is 1. The van der Waals surface area contributed by atoms with Crippen LogP contribution in [0, 0.1) is 0 Å². The molecule has 0 aromatic heterocycles. The van der Waals surface area contributed by atoms with Gasteiger partial charge in [0.05, 0.1) is 7.11 Å². The monoisotopic (exact) mass is 210 g/mol. The fraction of sp³-hybridized carbons (Fsp3) is 0.182. The molecule has 0 amide bonds. The van der Waals surface area contributed by atoms with Crippen LogP contribution in [0.5, 0.6) is 11.5 Å².